The first-order valence-electron chi connectivity index (χ1n) is 9.69. The van der Waals surface area contributed by atoms with Gasteiger partial charge in [0.15, 0.2) is 5.72 Å². The Labute approximate surface area is 187 Å². The molecule has 0 fully saturated rings. The van der Waals surface area contributed by atoms with Crippen LogP contribution in [0.1, 0.15) is 21.5 Å². The highest BCUT2D eigenvalue weighted by Gasteiger charge is 2.50. The number of anilines is 2. The fraction of sp³-hybridized carbons (Fsp3) is 0.0870. The zero-order valence-electron chi connectivity index (χ0n) is 16.8. The molecule has 5 rings (SSSR count). The minimum atomic E-state index is -1.80. The molecule has 1 unspecified atom stereocenters. The van der Waals surface area contributed by atoms with E-state index in [-0.39, 0.29) is 11.9 Å². The van der Waals surface area contributed by atoms with Crippen LogP contribution < -0.4 is 9.80 Å². The number of halogens is 1. The minimum Gasteiger partial charge on any atom is -0.465 e. The molecule has 1 aromatic heterocycles. The Balaban J connectivity index is 1.71. The fourth-order valence-corrected chi connectivity index (χ4v) is 4.12. The smallest absolute Gasteiger partial charge is 0.413 e. The Hall–Kier alpha value is -3.88. The molecule has 3 N–H and O–H groups in total. The SMILES string of the molecule is CN(C(=O)O)c1nc2cc(C3(O)c4ccccc4C(=O)N3c3ccc(Cl)cc3)ccc2[nH]1. The van der Waals surface area contributed by atoms with Gasteiger partial charge < -0.3 is 15.2 Å². The fourth-order valence-electron chi connectivity index (χ4n) is 4.00. The summed E-state index contributed by atoms with van der Waals surface area (Å²) in [6, 6.07) is 18.5. The standard InChI is InChI=1S/C23H17ClN4O4/c1-27(22(30)31)21-25-18-11-6-13(12-19(18)26-21)23(32)17-5-3-2-4-16(17)20(29)28(23)15-9-7-14(24)8-10-15/h2-12,32H,1H3,(H,25,26)(H,30,31). The topological polar surface area (TPSA) is 110 Å². The van der Waals surface area contributed by atoms with E-state index in [0.717, 1.165) is 4.90 Å². The van der Waals surface area contributed by atoms with Crippen LogP contribution in [0.3, 0.4) is 0 Å². The predicted molar refractivity (Wildman–Crippen MR) is 120 cm³/mol. The molecule has 1 atom stereocenters. The lowest BCUT2D eigenvalue weighted by atomic mass is 9.93. The third-order valence-corrected chi connectivity index (χ3v) is 5.87. The second-order valence-corrected chi connectivity index (χ2v) is 7.91. The van der Waals surface area contributed by atoms with Crippen LogP contribution in [0.15, 0.2) is 66.7 Å². The highest BCUT2D eigenvalue weighted by atomic mass is 35.5. The molecule has 1 aliphatic heterocycles. The molecule has 0 saturated carbocycles. The van der Waals surface area contributed by atoms with Gasteiger partial charge in [0.1, 0.15) is 0 Å². The molecule has 8 nitrogen and oxygen atoms in total. The van der Waals surface area contributed by atoms with Gasteiger partial charge in [-0.15, -0.1) is 0 Å². The lowest BCUT2D eigenvalue weighted by Crippen LogP contribution is -2.45. The van der Waals surface area contributed by atoms with Crippen molar-refractivity contribution in [2.24, 2.45) is 0 Å². The molecule has 0 aliphatic carbocycles. The molecule has 0 radical (unpaired) electrons. The third kappa shape index (κ3) is 2.84. The van der Waals surface area contributed by atoms with Crippen molar-refractivity contribution in [3.8, 4) is 0 Å². The van der Waals surface area contributed by atoms with Crippen molar-refractivity contribution in [2.75, 3.05) is 16.8 Å². The number of aromatic amines is 1. The van der Waals surface area contributed by atoms with Crippen molar-refractivity contribution in [3.63, 3.8) is 0 Å². The molecule has 1 aliphatic rings. The zero-order valence-corrected chi connectivity index (χ0v) is 17.5. The zero-order chi connectivity index (χ0) is 22.6. The summed E-state index contributed by atoms with van der Waals surface area (Å²) in [6.07, 6.45) is -1.16. The quantitative estimate of drug-likeness (QED) is 0.435. The second kappa shape index (κ2) is 7.08. The summed E-state index contributed by atoms with van der Waals surface area (Å²) in [7, 11) is 1.38. The van der Waals surface area contributed by atoms with Crippen LogP contribution >= 0.6 is 11.6 Å². The average Bonchev–Trinajstić information content (AvgIpc) is 3.31. The van der Waals surface area contributed by atoms with Gasteiger partial charge in [0.25, 0.3) is 5.91 Å². The van der Waals surface area contributed by atoms with Gasteiger partial charge in [0.05, 0.1) is 11.0 Å². The molecule has 32 heavy (non-hydrogen) atoms. The Morgan fingerprint density at radius 1 is 1.12 bits per heavy atom. The van der Waals surface area contributed by atoms with E-state index >= 15 is 0 Å². The largest absolute Gasteiger partial charge is 0.465 e. The Morgan fingerprint density at radius 2 is 1.84 bits per heavy atom. The van der Waals surface area contributed by atoms with E-state index in [9.17, 15) is 19.8 Å². The van der Waals surface area contributed by atoms with Crippen molar-refractivity contribution in [1.29, 1.82) is 0 Å². The molecule has 2 heterocycles. The van der Waals surface area contributed by atoms with Crippen molar-refractivity contribution in [2.45, 2.75) is 5.72 Å². The number of fused-ring (bicyclic) bond motifs is 2. The number of rotatable bonds is 3. The number of carbonyl (C=O) groups excluding carboxylic acids is 1. The van der Waals surface area contributed by atoms with E-state index in [0.29, 0.717) is 38.4 Å². The normalized spacial score (nSPS) is 17.6. The summed E-state index contributed by atoms with van der Waals surface area (Å²) in [5, 5.41) is 21.8. The summed E-state index contributed by atoms with van der Waals surface area (Å²) < 4.78 is 0. The highest BCUT2D eigenvalue weighted by Crippen LogP contribution is 2.45. The van der Waals surface area contributed by atoms with Crippen molar-refractivity contribution < 1.29 is 19.8 Å². The number of nitrogens with zero attached hydrogens (tertiary/aromatic N) is 3. The predicted octanol–water partition coefficient (Wildman–Crippen LogP) is 4.18. The number of amides is 2. The van der Waals surface area contributed by atoms with Crippen LogP contribution in [0.4, 0.5) is 16.4 Å². The summed E-state index contributed by atoms with van der Waals surface area (Å²) in [4.78, 5) is 34.2. The molecule has 0 bridgehead atoms. The molecule has 160 valence electrons. The molecule has 4 aromatic rings. The van der Waals surface area contributed by atoms with Gasteiger partial charge in [-0.25, -0.2) is 9.78 Å². The number of imidazole rings is 1. The van der Waals surface area contributed by atoms with Gasteiger partial charge in [-0.1, -0.05) is 35.9 Å². The first kappa shape index (κ1) is 20.0. The minimum absolute atomic E-state index is 0.147. The number of hydrogen-bond acceptors (Lipinski definition) is 4. The monoisotopic (exact) mass is 448 g/mol. The number of aromatic nitrogens is 2. The van der Waals surface area contributed by atoms with Gasteiger partial charge in [-0.3, -0.25) is 14.6 Å². The highest BCUT2D eigenvalue weighted by molar-refractivity contribution is 6.30. The Kier molecular flexibility index (Phi) is 4.44. The van der Waals surface area contributed by atoms with Crippen LogP contribution in [0, 0.1) is 0 Å². The van der Waals surface area contributed by atoms with Gasteiger partial charge in [-0.05, 0) is 42.5 Å². The molecule has 2 amide bonds. The molecule has 3 aromatic carbocycles. The molecule has 9 heteroatoms. The third-order valence-electron chi connectivity index (χ3n) is 5.62. The lowest BCUT2D eigenvalue weighted by Gasteiger charge is -2.35. The van der Waals surface area contributed by atoms with Crippen LogP contribution in [0.25, 0.3) is 11.0 Å². The summed E-state index contributed by atoms with van der Waals surface area (Å²) in [5.41, 5.74) is 0.966. The number of carboxylic acid groups (broad SMARTS) is 1. The van der Waals surface area contributed by atoms with E-state index in [1.54, 1.807) is 66.7 Å². The van der Waals surface area contributed by atoms with Crippen LogP contribution in [-0.2, 0) is 5.72 Å². The van der Waals surface area contributed by atoms with Crippen molar-refractivity contribution >= 4 is 46.3 Å². The van der Waals surface area contributed by atoms with Crippen LogP contribution in [0.2, 0.25) is 5.02 Å². The van der Waals surface area contributed by atoms with Gasteiger partial charge >= 0.3 is 6.09 Å². The summed E-state index contributed by atoms with van der Waals surface area (Å²) >= 11 is 6.02. The van der Waals surface area contributed by atoms with Crippen LogP contribution in [-0.4, -0.2) is 39.2 Å². The average molecular weight is 449 g/mol. The maximum absolute atomic E-state index is 13.3. The Bertz CT molecular complexity index is 1380. The lowest BCUT2D eigenvalue weighted by molar-refractivity contribution is 0.0704. The Morgan fingerprint density at radius 3 is 2.56 bits per heavy atom. The van der Waals surface area contributed by atoms with E-state index in [2.05, 4.69) is 9.97 Å². The number of hydrogen-bond donors (Lipinski definition) is 3. The van der Waals surface area contributed by atoms with E-state index < -0.39 is 11.8 Å². The summed E-state index contributed by atoms with van der Waals surface area (Å²) in [5.74, 6) is -0.201. The molecule has 0 saturated heterocycles. The van der Waals surface area contributed by atoms with Crippen molar-refractivity contribution in [3.05, 3.63) is 88.4 Å². The molecular weight excluding hydrogens is 432 g/mol. The van der Waals surface area contributed by atoms with Gasteiger partial charge in [-0.2, -0.15) is 0 Å². The maximum atomic E-state index is 13.3. The second-order valence-electron chi connectivity index (χ2n) is 7.47. The van der Waals surface area contributed by atoms with Gasteiger partial charge in [0.2, 0.25) is 5.95 Å². The first-order valence-corrected chi connectivity index (χ1v) is 10.1. The van der Waals surface area contributed by atoms with Crippen LogP contribution in [0.5, 0.6) is 0 Å². The number of H-pyrrole nitrogens is 1. The van der Waals surface area contributed by atoms with Gasteiger partial charge in [0, 0.05) is 34.4 Å². The molecule has 0 spiro atoms. The van der Waals surface area contributed by atoms with E-state index in [1.807, 2.05) is 0 Å². The maximum Gasteiger partial charge on any atom is 0.413 e. The molecular formula is C23H17ClN4O4. The number of aliphatic hydroxyl groups is 1. The van der Waals surface area contributed by atoms with Crippen molar-refractivity contribution in [1.82, 2.24) is 9.97 Å². The number of benzene rings is 3. The first-order chi connectivity index (χ1) is 15.3. The van der Waals surface area contributed by atoms with E-state index in [4.69, 9.17) is 11.6 Å². The number of nitrogens with one attached hydrogen (secondary N) is 1. The summed E-state index contributed by atoms with van der Waals surface area (Å²) in [6.45, 7) is 0. The van der Waals surface area contributed by atoms with E-state index in [1.165, 1.54) is 11.9 Å². The number of carbonyl (C=O) groups is 2.